The van der Waals surface area contributed by atoms with E-state index in [9.17, 15) is 18.0 Å². The van der Waals surface area contributed by atoms with Crippen LogP contribution in [-0.4, -0.2) is 22.9 Å². The number of alkyl halides is 3. The normalized spacial score (nSPS) is 15.6. The molecule has 0 radical (unpaired) electrons. The number of halogens is 3. The number of hydrogen-bond donors (Lipinski definition) is 0. The smallest absolute Gasteiger partial charge is 0.416 e. The van der Waals surface area contributed by atoms with Crippen molar-refractivity contribution in [2.45, 2.75) is 25.1 Å². The first-order valence-electron chi connectivity index (χ1n) is 6.08. The van der Waals surface area contributed by atoms with Gasteiger partial charge in [0.05, 0.1) is 36.0 Å². The van der Waals surface area contributed by atoms with E-state index in [-0.39, 0.29) is 11.6 Å². The summed E-state index contributed by atoms with van der Waals surface area (Å²) < 4.78 is 44.9. The molecule has 1 aromatic heterocycles. The van der Waals surface area contributed by atoms with Crippen LogP contribution in [0.25, 0.3) is 10.9 Å². The number of carbonyl (C=O) groups is 1. The van der Waals surface area contributed by atoms with Crippen LogP contribution in [0.1, 0.15) is 34.8 Å². The van der Waals surface area contributed by atoms with Crippen molar-refractivity contribution in [2.75, 3.05) is 7.11 Å². The van der Waals surface area contributed by atoms with Gasteiger partial charge in [0.25, 0.3) is 0 Å². The van der Waals surface area contributed by atoms with Crippen LogP contribution in [0, 0.1) is 0 Å². The average molecular weight is 284 g/mol. The molecule has 106 valence electrons. The Kier molecular flexibility index (Phi) is 2.74. The molecule has 1 fully saturated rings. The Hall–Kier alpha value is -2.05. The van der Waals surface area contributed by atoms with E-state index < -0.39 is 17.7 Å². The van der Waals surface area contributed by atoms with Crippen LogP contribution >= 0.6 is 0 Å². The second kappa shape index (κ2) is 4.22. The molecule has 20 heavy (non-hydrogen) atoms. The molecule has 4 nitrogen and oxygen atoms in total. The first-order valence-corrected chi connectivity index (χ1v) is 6.08. The third-order valence-electron chi connectivity index (χ3n) is 3.34. The average Bonchev–Trinajstić information content (AvgIpc) is 3.15. The predicted molar refractivity (Wildman–Crippen MR) is 64.3 cm³/mol. The van der Waals surface area contributed by atoms with Gasteiger partial charge < -0.3 is 4.74 Å². The van der Waals surface area contributed by atoms with Crippen molar-refractivity contribution in [3.05, 3.63) is 29.5 Å². The van der Waals surface area contributed by atoms with Crippen LogP contribution in [-0.2, 0) is 10.9 Å². The third-order valence-corrected chi connectivity index (χ3v) is 3.34. The Morgan fingerprint density at radius 2 is 2.10 bits per heavy atom. The molecule has 2 aromatic rings. The third kappa shape index (κ3) is 2.03. The van der Waals surface area contributed by atoms with Crippen LogP contribution in [0.5, 0.6) is 0 Å². The van der Waals surface area contributed by atoms with E-state index in [2.05, 4.69) is 9.84 Å². The lowest BCUT2D eigenvalue weighted by Gasteiger charge is -2.10. The first-order chi connectivity index (χ1) is 9.41. The van der Waals surface area contributed by atoms with Crippen molar-refractivity contribution in [2.24, 2.45) is 0 Å². The topological polar surface area (TPSA) is 44.1 Å². The van der Waals surface area contributed by atoms with Crippen LogP contribution in [0.4, 0.5) is 13.2 Å². The fourth-order valence-corrected chi connectivity index (χ4v) is 2.20. The highest BCUT2D eigenvalue weighted by molar-refractivity contribution is 6.04. The summed E-state index contributed by atoms with van der Waals surface area (Å²) in [7, 11) is 1.14. The SMILES string of the molecule is COC(=O)c1cc(C(F)(F)F)cc2c1cnn2C1CC1. The zero-order valence-corrected chi connectivity index (χ0v) is 10.6. The second-order valence-electron chi connectivity index (χ2n) is 4.77. The number of carbonyl (C=O) groups excluding carboxylic acids is 1. The number of ether oxygens (including phenoxy) is 1. The van der Waals surface area contributed by atoms with Gasteiger partial charge in [-0.3, -0.25) is 4.68 Å². The molecule has 0 unspecified atom stereocenters. The van der Waals surface area contributed by atoms with Crippen molar-refractivity contribution in [3.63, 3.8) is 0 Å². The molecule has 3 rings (SSSR count). The molecule has 0 atom stereocenters. The minimum absolute atomic E-state index is 0.107. The molecule has 1 saturated carbocycles. The van der Waals surface area contributed by atoms with Gasteiger partial charge in [0.1, 0.15) is 0 Å². The summed E-state index contributed by atoms with van der Waals surface area (Å²) >= 11 is 0. The van der Waals surface area contributed by atoms with Gasteiger partial charge in [0, 0.05) is 5.39 Å². The van der Waals surface area contributed by atoms with E-state index in [0.717, 1.165) is 32.1 Å². The number of nitrogens with zero attached hydrogens (tertiary/aromatic N) is 2. The summed E-state index contributed by atoms with van der Waals surface area (Å²) in [5.74, 6) is -0.795. The zero-order valence-electron chi connectivity index (χ0n) is 10.6. The molecule has 0 N–H and O–H groups in total. The summed E-state index contributed by atoms with van der Waals surface area (Å²) in [6.07, 6.45) is -1.32. The largest absolute Gasteiger partial charge is 0.465 e. The predicted octanol–water partition coefficient (Wildman–Crippen LogP) is 3.18. The molecule has 7 heteroatoms. The molecule has 0 spiro atoms. The van der Waals surface area contributed by atoms with Crippen LogP contribution in [0.2, 0.25) is 0 Å². The van der Waals surface area contributed by atoms with Crippen molar-refractivity contribution in [1.29, 1.82) is 0 Å². The van der Waals surface area contributed by atoms with Gasteiger partial charge in [0.15, 0.2) is 0 Å². The van der Waals surface area contributed by atoms with Gasteiger partial charge in [-0.15, -0.1) is 0 Å². The van der Waals surface area contributed by atoms with Gasteiger partial charge in [-0.25, -0.2) is 4.79 Å². The lowest BCUT2D eigenvalue weighted by molar-refractivity contribution is -0.137. The molecule has 1 aliphatic carbocycles. The Balaban J connectivity index is 2.27. The highest BCUT2D eigenvalue weighted by atomic mass is 19.4. The number of esters is 1. The molecule has 1 aromatic carbocycles. The lowest BCUT2D eigenvalue weighted by atomic mass is 10.1. The van der Waals surface area contributed by atoms with Crippen molar-refractivity contribution >= 4 is 16.9 Å². The molecule has 0 saturated heterocycles. The molecule has 1 heterocycles. The molecular formula is C13H11F3N2O2. The Morgan fingerprint density at radius 3 is 2.65 bits per heavy atom. The Bertz CT molecular complexity index is 687. The van der Waals surface area contributed by atoms with Gasteiger partial charge in [-0.05, 0) is 25.0 Å². The molecule has 0 amide bonds. The number of aromatic nitrogens is 2. The summed E-state index contributed by atoms with van der Waals surface area (Å²) in [5.41, 5.74) is -0.653. The van der Waals surface area contributed by atoms with Crippen LogP contribution < -0.4 is 0 Å². The van der Waals surface area contributed by atoms with E-state index in [0.29, 0.717) is 10.9 Å². The highest BCUT2D eigenvalue weighted by Crippen LogP contribution is 2.39. The quantitative estimate of drug-likeness (QED) is 0.796. The molecule has 1 aliphatic rings. The van der Waals surface area contributed by atoms with E-state index >= 15 is 0 Å². The number of rotatable bonds is 2. The zero-order chi connectivity index (χ0) is 14.5. The number of methoxy groups -OCH3 is 1. The highest BCUT2D eigenvalue weighted by Gasteiger charge is 2.34. The first kappa shape index (κ1) is 13.0. The second-order valence-corrected chi connectivity index (χ2v) is 4.77. The summed E-state index contributed by atoms with van der Waals surface area (Å²) in [6, 6.07) is 1.97. The van der Waals surface area contributed by atoms with Gasteiger partial charge >= 0.3 is 12.1 Å². The maximum absolute atomic E-state index is 12.9. The van der Waals surface area contributed by atoms with Gasteiger partial charge in [-0.1, -0.05) is 0 Å². The van der Waals surface area contributed by atoms with Crippen molar-refractivity contribution in [1.82, 2.24) is 9.78 Å². The Labute approximate surface area is 112 Å². The van der Waals surface area contributed by atoms with E-state index in [4.69, 9.17) is 0 Å². The van der Waals surface area contributed by atoms with E-state index in [1.54, 1.807) is 4.68 Å². The van der Waals surface area contributed by atoms with Crippen LogP contribution in [0.15, 0.2) is 18.3 Å². The van der Waals surface area contributed by atoms with E-state index in [1.807, 2.05) is 0 Å². The number of fused-ring (bicyclic) bond motifs is 1. The molecule has 0 aliphatic heterocycles. The van der Waals surface area contributed by atoms with Crippen LogP contribution in [0.3, 0.4) is 0 Å². The molecule has 0 bridgehead atoms. The number of benzene rings is 1. The van der Waals surface area contributed by atoms with Gasteiger partial charge in [-0.2, -0.15) is 18.3 Å². The van der Waals surface area contributed by atoms with Crippen molar-refractivity contribution in [3.8, 4) is 0 Å². The molecular weight excluding hydrogens is 273 g/mol. The fraction of sp³-hybridized carbons (Fsp3) is 0.385. The maximum Gasteiger partial charge on any atom is 0.416 e. The minimum atomic E-state index is -4.52. The monoisotopic (exact) mass is 284 g/mol. The fourth-order valence-electron chi connectivity index (χ4n) is 2.20. The minimum Gasteiger partial charge on any atom is -0.465 e. The Morgan fingerprint density at radius 1 is 1.40 bits per heavy atom. The number of hydrogen-bond acceptors (Lipinski definition) is 3. The summed E-state index contributed by atoms with van der Waals surface area (Å²) in [6.45, 7) is 0. The lowest BCUT2D eigenvalue weighted by Crippen LogP contribution is -2.10. The maximum atomic E-state index is 12.9. The summed E-state index contributed by atoms with van der Waals surface area (Å²) in [5, 5.41) is 4.49. The summed E-state index contributed by atoms with van der Waals surface area (Å²) in [4.78, 5) is 11.7. The van der Waals surface area contributed by atoms with Crippen molar-refractivity contribution < 1.29 is 22.7 Å². The standard InChI is InChI=1S/C13H11F3N2O2/c1-20-12(19)9-4-7(13(14,15)16)5-11-10(9)6-17-18(11)8-2-3-8/h4-6,8H,2-3H2,1H3. The van der Waals surface area contributed by atoms with E-state index in [1.165, 1.54) is 6.20 Å². The van der Waals surface area contributed by atoms with Gasteiger partial charge in [0.2, 0.25) is 0 Å².